The summed E-state index contributed by atoms with van der Waals surface area (Å²) in [6.45, 7) is 0. The Morgan fingerprint density at radius 1 is 1.03 bits per heavy atom. The summed E-state index contributed by atoms with van der Waals surface area (Å²) in [5.41, 5.74) is 1.79. The summed E-state index contributed by atoms with van der Waals surface area (Å²) in [7, 11) is 1.50. The number of amides is 1. The second kappa shape index (κ2) is 9.68. The van der Waals surface area contributed by atoms with Crippen LogP contribution in [0.15, 0.2) is 82.2 Å². The van der Waals surface area contributed by atoms with Crippen LogP contribution in [-0.2, 0) is 4.79 Å². The van der Waals surface area contributed by atoms with E-state index < -0.39 is 5.97 Å². The molecule has 1 saturated heterocycles. The van der Waals surface area contributed by atoms with Crippen LogP contribution in [-0.4, -0.2) is 23.3 Å². The van der Waals surface area contributed by atoms with Gasteiger partial charge in [-0.1, -0.05) is 60.4 Å². The number of hydrogen-bond donors (Lipinski definition) is 0. The molecule has 3 aromatic carbocycles. The third-order valence-electron chi connectivity index (χ3n) is 4.59. The molecule has 1 amide bonds. The topological polar surface area (TPSA) is 55.8 Å². The minimum atomic E-state index is -0.525. The van der Waals surface area contributed by atoms with Crippen LogP contribution in [0.25, 0.3) is 6.08 Å². The first-order valence-electron chi connectivity index (χ1n) is 9.45. The molecule has 0 N–H and O–H groups in total. The summed E-state index contributed by atoms with van der Waals surface area (Å²) in [5, 5.41) is 0. The van der Waals surface area contributed by atoms with Gasteiger partial charge in [0, 0.05) is 4.47 Å². The van der Waals surface area contributed by atoms with Gasteiger partial charge in [0.25, 0.3) is 5.91 Å². The fourth-order valence-electron chi connectivity index (χ4n) is 3.06. The Morgan fingerprint density at radius 3 is 2.47 bits per heavy atom. The molecule has 0 unspecified atom stereocenters. The van der Waals surface area contributed by atoms with E-state index in [0.717, 1.165) is 5.69 Å². The van der Waals surface area contributed by atoms with Gasteiger partial charge >= 0.3 is 5.97 Å². The minimum Gasteiger partial charge on any atom is -0.493 e. The van der Waals surface area contributed by atoms with Crippen molar-refractivity contribution >= 4 is 67.9 Å². The van der Waals surface area contributed by atoms with Gasteiger partial charge in [-0.25, -0.2) is 4.79 Å². The molecule has 5 nitrogen and oxygen atoms in total. The van der Waals surface area contributed by atoms with Gasteiger partial charge in [-0.2, -0.15) is 0 Å². The van der Waals surface area contributed by atoms with Crippen molar-refractivity contribution in [3.63, 3.8) is 0 Å². The number of nitrogens with zero attached hydrogens (tertiary/aromatic N) is 1. The van der Waals surface area contributed by atoms with Crippen molar-refractivity contribution in [3.8, 4) is 11.5 Å². The van der Waals surface area contributed by atoms with Crippen molar-refractivity contribution in [1.82, 2.24) is 0 Å². The zero-order chi connectivity index (χ0) is 22.7. The number of para-hydroxylation sites is 1. The fraction of sp³-hybridized carbons (Fsp3) is 0.0417. The molecule has 0 bridgehead atoms. The number of thioether (sulfide) groups is 1. The molecule has 1 heterocycles. The lowest BCUT2D eigenvalue weighted by atomic mass is 10.1. The van der Waals surface area contributed by atoms with Gasteiger partial charge < -0.3 is 9.47 Å². The number of carbonyl (C=O) groups is 2. The quantitative estimate of drug-likeness (QED) is 0.174. The summed E-state index contributed by atoms with van der Waals surface area (Å²) >= 11 is 10.00. The first-order chi connectivity index (χ1) is 15.5. The number of hydrogen-bond acceptors (Lipinski definition) is 6. The molecule has 0 spiro atoms. The number of anilines is 1. The van der Waals surface area contributed by atoms with Crippen LogP contribution in [0.4, 0.5) is 5.69 Å². The lowest BCUT2D eigenvalue weighted by molar-refractivity contribution is -0.113. The van der Waals surface area contributed by atoms with Crippen LogP contribution < -0.4 is 14.4 Å². The summed E-state index contributed by atoms with van der Waals surface area (Å²) < 4.78 is 12.0. The molecule has 0 saturated carbocycles. The van der Waals surface area contributed by atoms with E-state index in [2.05, 4.69) is 15.9 Å². The van der Waals surface area contributed by atoms with E-state index >= 15 is 0 Å². The highest BCUT2D eigenvalue weighted by Gasteiger charge is 2.33. The molecule has 1 aliphatic rings. The Bertz CT molecular complexity index is 1240. The molecule has 0 aliphatic carbocycles. The second-order valence-corrected chi connectivity index (χ2v) is 9.16. The van der Waals surface area contributed by atoms with Crippen LogP contribution in [0, 0.1) is 0 Å². The lowest BCUT2D eigenvalue weighted by Gasteiger charge is -2.13. The van der Waals surface area contributed by atoms with E-state index in [4.69, 9.17) is 21.7 Å². The van der Waals surface area contributed by atoms with Gasteiger partial charge in [0.05, 0.1) is 23.3 Å². The lowest BCUT2D eigenvalue weighted by Crippen LogP contribution is -2.27. The standard InChI is InChI=1S/C24H16BrNO4S2/c1-29-19-12-11-15(13-20(19)30-23(28)17-9-5-6-10-18(17)25)14-21-22(27)26(24(31)32-21)16-7-3-2-4-8-16/h2-14H,1H3/b21-14+. The SMILES string of the molecule is COc1ccc(/C=C2/SC(=S)N(c3ccccc3)C2=O)cc1OC(=O)c1ccccc1Br. The molecule has 1 aliphatic heterocycles. The van der Waals surface area contributed by atoms with Gasteiger partial charge in [0.2, 0.25) is 0 Å². The van der Waals surface area contributed by atoms with E-state index in [1.807, 2.05) is 36.4 Å². The van der Waals surface area contributed by atoms with Gasteiger partial charge in [-0.3, -0.25) is 9.69 Å². The fourth-order valence-corrected chi connectivity index (χ4v) is 4.81. The van der Waals surface area contributed by atoms with Crippen molar-refractivity contribution in [2.24, 2.45) is 0 Å². The van der Waals surface area contributed by atoms with E-state index in [1.165, 1.54) is 23.8 Å². The highest BCUT2D eigenvalue weighted by Crippen LogP contribution is 2.37. The molecule has 8 heteroatoms. The van der Waals surface area contributed by atoms with E-state index in [-0.39, 0.29) is 11.7 Å². The summed E-state index contributed by atoms with van der Waals surface area (Å²) in [6, 6.07) is 21.4. The molecule has 0 aromatic heterocycles. The monoisotopic (exact) mass is 525 g/mol. The average Bonchev–Trinajstić information content (AvgIpc) is 3.07. The Labute approximate surface area is 203 Å². The first-order valence-corrected chi connectivity index (χ1v) is 11.5. The molecule has 160 valence electrons. The minimum absolute atomic E-state index is 0.200. The van der Waals surface area contributed by atoms with Crippen LogP contribution in [0.1, 0.15) is 15.9 Å². The number of carbonyl (C=O) groups excluding carboxylic acids is 2. The van der Waals surface area contributed by atoms with Crippen molar-refractivity contribution in [1.29, 1.82) is 0 Å². The zero-order valence-electron chi connectivity index (χ0n) is 16.8. The number of methoxy groups -OCH3 is 1. The molecule has 1 fully saturated rings. The largest absolute Gasteiger partial charge is 0.493 e. The predicted molar refractivity (Wildman–Crippen MR) is 134 cm³/mol. The normalized spacial score (nSPS) is 14.7. The third-order valence-corrected chi connectivity index (χ3v) is 6.58. The summed E-state index contributed by atoms with van der Waals surface area (Å²) in [5.74, 6) is -0.0722. The third kappa shape index (κ3) is 4.62. The predicted octanol–water partition coefficient (Wildman–Crippen LogP) is 6.08. The maximum absolute atomic E-state index is 13.0. The number of thiocarbonyl (C=S) groups is 1. The van der Waals surface area contributed by atoms with Crippen LogP contribution in [0.3, 0.4) is 0 Å². The van der Waals surface area contributed by atoms with E-state index in [1.54, 1.807) is 42.5 Å². The van der Waals surface area contributed by atoms with E-state index in [9.17, 15) is 9.59 Å². The van der Waals surface area contributed by atoms with Crippen LogP contribution in [0.2, 0.25) is 0 Å². The highest BCUT2D eigenvalue weighted by atomic mass is 79.9. The van der Waals surface area contributed by atoms with Crippen molar-refractivity contribution in [2.45, 2.75) is 0 Å². The first kappa shape index (κ1) is 22.3. The number of rotatable bonds is 5. The number of benzene rings is 3. The molecule has 0 radical (unpaired) electrons. The molecule has 4 rings (SSSR count). The van der Waals surface area contributed by atoms with Gasteiger partial charge in [0.15, 0.2) is 15.8 Å². The molecule has 32 heavy (non-hydrogen) atoms. The van der Waals surface area contributed by atoms with Gasteiger partial charge in [-0.15, -0.1) is 0 Å². The maximum Gasteiger partial charge on any atom is 0.344 e. The summed E-state index contributed by atoms with van der Waals surface area (Å²) in [6.07, 6.45) is 1.72. The van der Waals surface area contributed by atoms with Crippen molar-refractivity contribution in [3.05, 3.63) is 93.3 Å². The van der Waals surface area contributed by atoms with Crippen LogP contribution in [0.5, 0.6) is 11.5 Å². The zero-order valence-corrected chi connectivity index (χ0v) is 20.0. The van der Waals surface area contributed by atoms with Gasteiger partial charge in [-0.05, 0) is 64.0 Å². The van der Waals surface area contributed by atoms with Gasteiger partial charge in [0.1, 0.15) is 0 Å². The Kier molecular flexibility index (Phi) is 6.74. The smallest absolute Gasteiger partial charge is 0.344 e. The summed E-state index contributed by atoms with van der Waals surface area (Å²) in [4.78, 5) is 27.6. The van der Waals surface area contributed by atoms with Crippen molar-refractivity contribution in [2.75, 3.05) is 12.0 Å². The Balaban J connectivity index is 1.62. The van der Waals surface area contributed by atoms with Crippen molar-refractivity contribution < 1.29 is 19.1 Å². The maximum atomic E-state index is 13.0. The Morgan fingerprint density at radius 2 is 1.75 bits per heavy atom. The average molecular weight is 526 g/mol. The number of ether oxygens (including phenoxy) is 2. The molecule has 0 atom stereocenters. The van der Waals surface area contributed by atoms with E-state index in [0.29, 0.717) is 30.6 Å². The van der Waals surface area contributed by atoms with Crippen LogP contribution >= 0.6 is 39.9 Å². The molecular formula is C24H16BrNO4S2. The number of esters is 1. The highest BCUT2D eigenvalue weighted by molar-refractivity contribution is 9.10. The molecule has 3 aromatic rings. The number of halogens is 1. The second-order valence-electron chi connectivity index (χ2n) is 6.63. The molecular weight excluding hydrogens is 510 g/mol. The Hall–Kier alpha value is -2.94.